The van der Waals surface area contributed by atoms with E-state index in [1.165, 1.54) is 60.3 Å². The smallest absolute Gasteiger partial charge is 0.130 e. The van der Waals surface area contributed by atoms with Gasteiger partial charge in [0.2, 0.25) is 0 Å². The van der Waals surface area contributed by atoms with E-state index in [1.807, 2.05) is 11.8 Å². The summed E-state index contributed by atoms with van der Waals surface area (Å²) in [6.45, 7) is 0. The van der Waals surface area contributed by atoms with Gasteiger partial charge >= 0.3 is 0 Å². The first-order valence-electron chi connectivity index (χ1n) is 14.1. The summed E-state index contributed by atoms with van der Waals surface area (Å²) in [7, 11) is 0. The Bertz CT molecular complexity index is 2040. The van der Waals surface area contributed by atoms with Crippen LogP contribution in [0.15, 0.2) is 144 Å². The monoisotopic (exact) mass is 546 g/mol. The number of thioether (sulfide) groups is 1. The molecule has 3 nitrogen and oxygen atoms in total. The quantitative estimate of drug-likeness (QED) is 0.240. The molecule has 3 aliphatic rings. The fraction of sp³-hybridized carbons (Fsp3) is 0.0811. The van der Waals surface area contributed by atoms with E-state index in [4.69, 9.17) is 4.74 Å². The highest BCUT2D eigenvalue weighted by molar-refractivity contribution is 8.03. The lowest BCUT2D eigenvalue weighted by Gasteiger charge is -2.22. The van der Waals surface area contributed by atoms with Crippen LogP contribution in [0.2, 0.25) is 0 Å². The van der Waals surface area contributed by atoms with Crippen LogP contribution in [0, 0.1) is 0 Å². The minimum absolute atomic E-state index is 0.0711. The molecule has 0 saturated carbocycles. The van der Waals surface area contributed by atoms with E-state index >= 15 is 0 Å². The predicted molar refractivity (Wildman–Crippen MR) is 169 cm³/mol. The van der Waals surface area contributed by atoms with E-state index in [1.54, 1.807) is 0 Å². The molecule has 0 fully saturated rings. The molecule has 3 unspecified atom stereocenters. The molecule has 41 heavy (non-hydrogen) atoms. The number of allylic oxidation sites excluding steroid dienone is 1. The molecule has 3 heterocycles. The molecule has 196 valence electrons. The number of rotatable bonds is 3. The molecule has 1 aromatic heterocycles. The van der Waals surface area contributed by atoms with E-state index < -0.39 is 0 Å². The summed E-state index contributed by atoms with van der Waals surface area (Å²) in [5.41, 5.74) is 9.93. The Labute approximate surface area is 242 Å². The number of hydrogen-bond donors (Lipinski definition) is 1. The molecule has 0 amide bonds. The molecule has 1 aliphatic carbocycles. The van der Waals surface area contributed by atoms with E-state index in [0.717, 1.165) is 5.75 Å². The van der Waals surface area contributed by atoms with Gasteiger partial charge in [0.15, 0.2) is 0 Å². The fourth-order valence-electron chi connectivity index (χ4n) is 6.70. The molecule has 9 rings (SSSR count). The van der Waals surface area contributed by atoms with Gasteiger partial charge in [-0.25, -0.2) is 0 Å². The summed E-state index contributed by atoms with van der Waals surface area (Å²) in [4.78, 5) is 1.32. The third-order valence-corrected chi connectivity index (χ3v) is 9.86. The van der Waals surface area contributed by atoms with Gasteiger partial charge in [0.25, 0.3) is 0 Å². The first kappa shape index (κ1) is 23.1. The second-order valence-corrected chi connectivity index (χ2v) is 12.1. The third-order valence-electron chi connectivity index (χ3n) is 8.63. The summed E-state index contributed by atoms with van der Waals surface area (Å²) >= 11 is 1.90. The molecule has 4 heteroatoms. The van der Waals surface area contributed by atoms with Crippen molar-refractivity contribution in [2.24, 2.45) is 0 Å². The average Bonchev–Trinajstić information content (AvgIpc) is 3.72. The summed E-state index contributed by atoms with van der Waals surface area (Å²) < 4.78 is 8.62. The van der Waals surface area contributed by atoms with Gasteiger partial charge in [0, 0.05) is 32.6 Å². The second-order valence-electron chi connectivity index (χ2n) is 10.9. The minimum atomic E-state index is 0.0711. The van der Waals surface area contributed by atoms with Crippen LogP contribution in [0.25, 0.3) is 38.6 Å². The zero-order valence-electron chi connectivity index (χ0n) is 22.2. The summed E-state index contributed by atoms with van der Waals surface area (Å²) in [6, 6.07) is 43.7. The molecular weight excluding hydrogens is 520 g/mol. The van der Waals surface area contributed by atoms with Crippen LogP contribution in [0.4, 0.5) is 0 Å². The Kier molecular flexibility index (Phi) is 5.02. The van der Waals surface area contributed by atoms with E-state index in [2.05, 4.69) is 143 Å². The molecule has 2 aliphatic heterocycles. The van der Waals surface area contributed by atoms with Crippen molar-refractivity contribution in [2.45, 2.75) is 17.4 Å². The number of aromatic nitrogens is 1. The second kappa shape index (κ2) is 8.92. The highest BCUT2D eigenvalue weighted by Crippen LogP contribution is 2.52. The van der Waals surface area contributed by atoms with Crippen LogP contribution >= 0.6 is 11.8 Å². The molecule has 3 atom stereocenters. The van der Waals surface area contributed by atoms with Crippen LogP contribution in [0.1, 0.15) is 22.4 Å². The number of fused-ring (bicyclic) bond motifs is 7. The standard InChI is InChI=1S/C37H26N2OS/c1-2-8-26(9-3-1)39-30-12-6-4-10-27(30)28-19-18-25(22-31(28)39)23-14-16-24(17-15-23)37-38-36-34(41-37)21-20-33-35(36)29-11-5-7-13-32(29)40-33/h1-22,33,35,37-38H. The number of nitrogens with zero attached hydrogens (tertiary/aromatic N) is 1. The Morgan fingerprint density at radius 1 is 0.683 bits per heavy atom. The maximum atomic E-state index is 6.24. The topological polar surface area (TPSA) is 26.2 Å². The fourth-order valence-corrected chi connectivity index (χ4v) is 7.90. The number of benzene rings is 5. The highest BCUT2D eigenvalue weighted by Gasteiger charge is 2.42. The van der Waals surface area contributed by atoms with Gasteiger partial charge in [-0.05, 0) is 59.2 Å². The Balaban J connectivity index is 1.04. The van der Waals surface area contributed by atoms with Gasteiger partial charge in [-0.3, -0.25) is 0 Å². The first-order chi connectivity index (χ1) is 20.3. The van der Waals surface area contributed by atoms with Crippen LogP contribution in [-0.2, 0) is 0 Å². The molecule has 0 bridgehead atoms. The van der Waals surface area contributed by atoms with Crippen molar-refractivity contribution in [3.05, 3.63) is 155 Å². The third kappa shape index (κ3) is 3.54. The zero-order chi connectivity index (χ0) is 26.9. The summed E-state index contributed by atoms with van der Waals surface area (Å²) in [6.07, 6.45) is 4.52. The summed E-state index contributed by atoms with van der Waals surface area (Å²) in [5, 5.41) is 6.59. The maximum absolute atomic E-state index is 6.24. The van der Waals surface area contributed by atoms with Crippen molar-refractivity contribution in [1.29, 1.82) is 0 Å². The van der Waals surface area contributed by atoms with Crippen LogP contribution in [0.3, 0.4) is 0 Å². The molecule has 1 N–H and O–H groups in total. The normalized spacial score (nSPS) is 20.5. The van der Waals surface area contributed by atoms with Crippen molar-refractivity contribution in [1.82, 2.24) is 9.88 Å². The Morgan fingerprint density at radius 3 is 2.34 bits per heavy atom. The predicted octanol–water partition coefficient (Wildman–Crippen LogP) is 9.11. The lowest BCUT2D eigenvalue weighted by atomic mass is 9.88. The SMILES string of the molecule is C1=CC2Oc3ccccc3C2C2=C1SC(c1ccc(-c3ccc4c5ccccc5n(-c5ccccc5)c4c3)cc1)N2. The van der Waals surface area contributed by atoms with Crippen LogP contribution in [-0.4, -0.2) is 10.7 Å². The molecular formula is C37H26N2OS. The lowest BCUT2D eigenvalue weighted by Crippen LogP contribution is -2.26. The molecule has 0 saturated heterocycles. The zero-order valence-corrected chi connectivity index (χ0v) is 23.0. The van der Waals surface area contributed by atoms with Gasteiger partial charge < -0.3 is 14.6 Å². The molecule has 0 radical (unpaired) electrons. The molecule has 5 aromatic carbocycles. The minimum Gasteiger partial charge on any atom is -0.485 e. The molecule has 6 aromatic rings. The van der Waals surface area contributed by atoms with Gasteiger partial charge in [-0.15, -0.1) is 0 Å². The van der Waals surface area contributed by atoms with Crippen LogP contribution < -0.4 is 10.1 Å². The number of ether oxygens (including phenoxy) is 1. The van der Waals surface area contributed by atoms with E-state index in [0.29, 0.717) is 0 Å². The van der Waals surface area contributed by atoms with E-state index in [9.17, 15) is 0 Å². The van der Waals surface area contributed by atoms with Crippen molar-refractivity contribution in [2.75, 3.05) is 0 Å². The first-order valence-corrected chi connectivity index (χ1v) is 15.0. The molecule has 0 spiro atoms. The van der Waals surface area contributed by atoms with Crippen molar-refractivity contribution >= 4 is 33.6 Å². The van der Waals surface area contributed by atoms with Crippen molar-refractivity contribution < 1.29 is 4.74 Å². The average molecular weight is 547 g/mol. The van der Waals surface area contributed by atoms with Crippen molar-refractivity contribution in [3.8, 4) is 22.6 Å². The highest BCUT2D eigenvalue weighted by atomic mass is 32.2. The van der Waals surface area contributed by atoms with Gasteiger partial charge in [-0.2, -0.15) is 0 Å². The van der Waals surface area contributed by atoms with E-state index in [-0.39, 0.29) is 17.4 Å². The van der Waals surface area contributed by atoms with Gasteiger partial charge in [0.05, 0.1) is 17.0 Å². The Hall–Kier alpha value is -4.67. The number of hydrogen-bond acceptors (Lipinski definition) is 3. The van der Waals surface area contributed by atoms with Crippen LogP contribution in [0.5, 0.6) is 5.75 Å². The number of nitrogens with one attached hydrogen (secondary N) is 1. The lowest BCUT2D eigenvalue weighted by molar-refractivity contribution is 0.261. The number of para-hydroxylation sites is 3. The van der Waals surface area contributed by atoms with Gasteiger partial charge in [0.1, 0.15) is 17.2 Å². The summed E-state index contributed by atoms with van der Waals surface area (Å²) in [5.74, 6) is 1.25. The largest absolute Gasteiger partial charge is 0.485 e. The van der Waals surface area contributed by atoms with Gasteiger partial charge in [-0.1, -0.05) is 103 Å². The maximum Gasteiger partial charge on any atom is 0.130 e. The van der Waals surface area contributed by atoms with Crippen molar-refractivity contribution in [3.63, 3.8) is 0 Å². The Morgan fingerprint density at radius 2 is 1.44 bits per heavy atom.